The molecular formula is C70H117NO10. The molecular weight excluding hydrogens is 1010 g/mol. The Hall–Kier alpha value is -3.94. The number of ether oxygens (including phenoxy) is 3. The lowest BCUT2D eigenvalue weighted by Gasteiger charge is -2.41. The normalized spacial score (nSPS) is 19.5. The number of aliphatic hydroxyl groups is 5. The van der Waals surface area contributed by atoms with Crippen LogP contribution in [0.1, 0.15) is 245 Å². The van der Waals surface area contributed by atoms with E-state index in [2.05, 4.69) is 123 Å². The number of allylic oxidation sites excluding steroid dienone is 19. The van der Waals surface area contributed by atoms with E-state index in [-0.39, 0.29) is 19.4 Å². The molecule has 1 amide bonds. The number of hydrogen-bond acceptors (Lipinski definition) is 10. The fourth-order valence-electron chi connectivity index (χ4n) is 9.27. The van der Waals surface area contributed by atoms with Crippen LogP contribution in [0.4, 0.5) is 0 Å². The highest BCUT2D eigenvalue weighted by Gasteiger charge is 2.47. The molecule has 1 rings (SSSR count). The maximum absolute atomic E-state index is 13.5. The van der Waals surface area contributed by atoms with Gasteiger partial charge in [0.05, 0.1) is 25.4 Å². The second-order valence-corrected chi connectivity index (χ2v) is 21.8. The number of aliphatic hydroxyl groups excluding tert-OH is 5. The van der Waals surface area contributed by atoms with E-state index in [1.165, 1.54) is 89.9 Å². The van der Waals surface area contributed by atoms with Crippen LogP contribution < -0.4 is 5.32 Å². The Balaban J connectivity index is 2.73. The second kappa shape index (κ2) is 56.5. The first-order chi connectivity index (χ1) is 39.7. The van der Waals surface area contributed by atoms with Gasteiger partial charge < -0.3 is 45.1 Å². The Morgan fingerprint density at radius 2 is 0.889 bits per heavy atom. The van der Waals surface area contributed by atoms with E-state index in [1.54, 1.807) is 6.08 Å². The zero-order valence-corrected chi connectivity index (χ0v) is 51.1. The zero-order chi connectivity index (χ0) is 58.9. The summed E-state index contributed by atoms with van der Waals surface area (Å²) >= 11 is 0. The molecule has 0 radical (unpaired) electrons. The van der Waals surface area contributed by atoms with Crippen molar-refractivity contribution in [1.29, 1.82) is 0 Å². The van der Waals surface area contributed by atoms with Crippen molar-refractivity contribution in [3.63, 3.8) is 0 Å². The van der Waals surface area contributed by atoms with Crippen LogP contribution in [0.5, 0.6) is 0 Å². The number of nitrogens with one attached hydrogen (secondary N) is 1. The van der Waals surface area contributed by atoms with E-state index < -0.39 is 67.4 Å². The number of rotatable bonds is 53. The van der Waals surface area contributed by atoms with Crippen LogP contribution >= 0.6 is 0 Å². The first-order valence-corrected chi connectivity index (χ1v) is 32.3. The molecule has 462 valence electrons. The van der Waals surface area contributed by atoms with Crippen LogP contribution in [0.3, 0.4) is 0 Å². The molecule has 0 bridgehead atoms. The van der Waals surface area contributed by atoms with Crippen molar-refractivity contribution in [3.05, 3.63) is 122 Å². The van der Waals surface area contributed by atoms with Crippen LogP contribution in [0.15, 0.2) is 122 Å². The van der Waals surface area contributed by atoms with Crippen molar-refractivity contribution < 1.29 is 49.3 Å². The third-order valence-electron chi connectivity index (χ3n) is 14.4. The molecule has 0 aromatic rings. The third-order valence-corrected chi connectivity index (χ3v) is 14.4. The van der Waals surface area contributed by atoms with Gasteiger partial charge in [-0.2, -0.15) is 0 Å². The van der Waals surface area contributed by atoms with Crippen LogP contribution in [0.2, 0.25) is 0 Å². The van der Waals surface area contributed by atoms with Crippen LogP contribution in [0.25, 0.3) is 0 Å². The smallest absolute Gasteiger partial charge is 0.306 e. The molecule has 0 spiro atoms. The van der Waals surface area contributed by atoms with E-state index >= 15 is 0 Å². The fraction of sp³-hybridized carbons (Fsp3) is 0.686. The number of unbranched alkanes of at least 4 members (excludes halogenated alkanes) is 21. The van der Waals surface area contributed by atoms with Gasteiger partial charge in [0, 0.05) is 6.42 Å². The fourth-order valence-corrected chi connectivity index (χ4v) is 9.27. The van der Waals surface area contributed by atoms with Gasteiger partial charge >= 0.3 is 5.97 Å². The summed E-state index contributed by atoms with van der Waals surface area (Å²) < 4.78 is 17.6. The highest BCUT2D eigenvalue weighted by Crippen LogP contribution is 2.26. The SMILES string of the molecule is CC/C=C\C/C=C\C/C=C\C/C=C\C/C=C\C/C=C\CCC(=O)OC1C(OCC(NC(=O)C(O)CCCCCCCCC/C=C\C/C=C\C/C=C\CCCCC)C(O)/C=C/CCCCCCCCCCCCC)OC(CO)C(O)C1O. The largest absolute Gasteiger partial charge is 0.454 e. The Labute approximate surface area is 493 Å². The molecule has 11 heteroatoms. The molecule has 1 aliphatic rings. The van der Waals surface area contributed by atoms with Crippen molar-refractivity contribution in [2.45, 2.75) is 294 Å². The van der Waals surface area contributed by atoms with Crippen LogP contribution in [-0.2, 0) is 23.8 Å². The maximum Gasteiger partial charge on any atom is 0.306 e. The highest BCUT2D eigenvalue weighted by molar-refractivity contribution is 5.80. The van der Waals surface area contributed by atoms with Crippen LogP contribution in [-0.4, -0.2) is 99.6 Å². The second-order valence-electron chi connectivity index (χ2n) is 21.8. The molecule has 1 saturated heterocycles. The Bertz CT molecular complexity index is 1780. The third kappa shape index (κ3) is 44.3. The molecule has 0 aromatic heterocycles. The number of hydrogen-bond donors (Lipinski definition) is 6. The van der Waals surface area contributed by atoms with Gasteiger partial charge in [0.1, 0.15) is 24.4 Å². The predicted molar refractivity (Wildman–Crippen MR) is 338 cm³/mol. The van der Waals surface area contributed by atoms with Crippen molar-refractivity contribution in [2.24, 2.45) is 0 Å². The molecule has 0 saturated carbocycles. The van der Waals surface area contributed by atoms with Gasteiger partial charge in [-0.05, 0) is 103 Å². The molecule has 1 heterocycles. The van der Waals surface area contributed by atoms with Gasteiger partial charge in [0.25, 0.3) is 0 Å². The lowest BCUT2D eigenvalue weighted by molar-refractivity contribution is -0.305. The Morgan fingerprint density at radius 1 is 0.494 bits per heavy atom. The summed E-state index contributed by atoms with van der Waals surface area (Å²) in [6, 6.07) is -1.05. The standard InChI is InChI=1S/C70H117NO10/c1-4-7-10-13-16-19-22-25-27-29-31-33-34-36-39-42-45-48-51-54-57-63(74)69(78)71-61(62(73)56-53-50-47-44-41-38-24-21-18-15-12-9-6-3)60-79-70-68(67(77)66(76)64(59-72)80-70)81-65(75)58-55-52-49-46-43-40-37-35-32-30-28-26-23-20-17-14-11-8-5-2/h8,11,16-17,19-20,25-28,31-33,35,40,43,49,52-53,56,61-64,66-68,70,72-74,76-77H,4-7,9-10,12-15,18,21-24,29-30,34,36-39,41-42,44-48,50-51,54-55,57-60H2,1-3H3,(H,71,78)/b11-8-,19-16-,20-17-,27-25-,28-26-,33-31-,35-32-,43-40-,52-49-,56-53+. The van der Waals surface area contributed by atoms with Gasteiger partial charge in [0.2, 0.25) is 5.91 Å². The van der Waals surface area contributed by atoms with E-state index in [1.807, 2.05) is 18.2 Å². The molecule has 1 aliphatic heterocycles. The summed E-state index contributed by atoms with van der Waals surface area (Å²) in [4.78, 5) is 26.6. The number of carbonyl (C=O) groups excluding carboxylic acids is 2. The number of carbonyl (C=O) groups is 2. The average Bonchev–Trinajstić information content (AvgIpc) is 3.47. The molecule has 6 N–H and O–H groups in total. The minimum Gasteiger partial charge on any atom is -0.454 e. The summed E-state index contributed by atoms with van der Waals surface area (Å²) in [6.45, 7) is 5.60. The molecule has 8 unspecified atom stereocenters. The minimum absolute atomic E-state index is 0.00876. The first kappa shape index (κ1) is 75.1. The van der Waals surface area contributed by atoms with Crippen molar-refractivity contribution >= 4 is 11.9 Å². The van der Waals surface area contributed by atoms with Crippen molar-refractivity contribution in [1.82, 2.24) is 5.32 Å². The van der Waals surface area contributed by atoms with Gasteiger partial charge in [0.15, 0.2) is 12.4 Å². The highest BCUT2D eigenvalue weighted by atomic mass is 16.7. The molecule has 11 nitrogen and oxygen atoms in total. The molecule has 1 fully saturated rings. The van der Waals surface area contributed by atoms with Gasteiger partial charge in [-0.1, -0.05) is 258 Å². The predicted octanol–water partition coefficient (Wildman–Crippen LogP) is 15.8. The van der Waals surface area contributed by atoms with E-state index in [9.17, 15) is 35.1 Å². The minimum atomic E-state index is -1.65. The van der Waals surface area contributed by atoms with Crippen LogP contribution in [0, 0.1) is 0 Å². The lowest BCUT2D eigenvalue weighted by atomic mass is 9.99. The van der Waals surface area contributed by atoms with Gasteiger partial charge in [-0.3, -0.25) is 9.59 Å². The van der Waals surface area contributed by atoms with Gasteiger partial charge in [-0.15, -0.1) is 0 Å². The van der Waals surface area contributed by atoms with E-state index in [0.717, 1.165) is 103 Å². The van der Waals surface area contributed by atoms with Gasteiger partial charge in [-0.25, -0.2) is 0 Å². The van der Waals surface area contributed by atoms with E-state index in [4.69, 9.17) is 14.2 Å². The summed E-state index contributed by atoms with van der Waals surface area (Å²) in [6.07, 6.45) is 68.1. The first-order valence-electron chi connectivity index (χ1n) is 32.3. The quantitative estimate of drug-likeness (QED) is 0.0195. The molecule has 8 atom stereocenters. The number of esters is 1. The summed E-state index contributed by atoms with van der Waals surface area (Å²) in [5.74, 6) is -1.30. The van der Waals surface area contributed by atoms with E-state index in [0.29, 0.717) is 19.3 Å². The van der Waals surface area contributed by atoms with Crippen molar-refractivity contribution in [2.75, 3.05) is 13.2 Å². The topological polar surface area (TPSA) is 175 Å². The Kier molecular flexibility index (Phi) is 52.4. The summed E-state index contributed by atoms with van der Waals surface area (Å²) in [5, 5.41) is 57.0. The molecule has 0 aliphatic carbocycles. The maximum atomic E-state index is 13.5. The zero-order valence-electron chi connectivity index (χ0n) is 51.1. The Morgan fingerprint density at radius 3 is 1.36 bits per heavy atom. The average molecular weight is 1130 g/mol. The summed E-state index contributed by atoms with van der Waals surface area (Å²) in [7, 11) is 0. The van der Waals surface area contributed by atoms with Crippen molar-refractivity contribution in [3.8, 4) is 0 Å². The number of amides is 1. The monoisotopic (exact) mass is 1130 g/mol. The molecule has 81 heavy (non-hydrogen) atoms. The molecule has 0 aromatic carbocycles. The summed E-state index contributed by atoms with van der Waals surface area (Å²) in [5.41, 5.74) is 0. The lowest BCUT2D eigenvalue weighted by Crippen LogP contribution is -2.61.